The van der Waals surface area contributed by atoms with Crippen molar-refractivity contribution in [3.8, 4) is 0 Å². The molecule has 7 nitrogen and oxygen atoms in total. The van der Waals surface area contributed by atoms with Crippen molar-refractivity contribution in [1.29, 1.82) is 0 Å². The summed E-state index contributed by atoms with van der Waals surface area (Å²) < 4.78 is 37.4. The number of benzene rings is 2. The van der Waals surface area contributed by atoms with Crippen molar-refractivity contribution in [3.05, 3.63) is 65.5 Å². The van der Waals surface area contributed by atoms with E-state index >= 15 is 0 Å². The van der Waals surface area contributed by atoms with Crippen molar-refractivity contribution >= 4 is 27.5 Å². The van der Waals surface area contributed by atoms with Gasteiger partial charge in [-0.25, -0.2) is 12.8 Å². The van der Waals surface area contributed by atoms with Crippen LogP contribution in [0.3, 0.4) is 0 Å². The zero-order chi connectivity index (χ0) is 19.9. The summed E-state index contributed by atoms with van der Waals surface area (Å²) in [5.74, 6) is -0.928. The second kappa shape index (κ2) is 9.13. The minimum atomic E-state index is -3.37. The molecule has 0 aromatic heterocycles. The molecule has 2 rings (SSSR count). The van der Waals surface area contributed by atoms with Gasteiger partial charge in [0.05, 0.1) is 12.7 Å². The molecule has 0 fully saturated rings. The Labute approximate surface area is 157 Å². The number of sulfonamides is 1. The number of hydrogen-bond donors (Lipinski definition) is 3. The molecule has 2 amide bonds. The average Bonchev–Trinajstić information content (AvgIpc) is 2.60. The zero-order valence-corrected chi connectivity index (χ0v) is 15.5. The molecule has 27 heavy (non-hydrogen) atoms. The standard InChI is InChI=1S/C18H20FN3O4S/c1-27(25,26)22-16-8-4-14(5-9-16)18(24)21-11-10-20-17(23)12-13-2-6-15(19)7-3-13/h2-9,22H,10-12H2,1H3,(H,20,23)(H,21,24). The molecule has 2 aromatic rings. The molecule has 0 atom stereocenters. The Balaban J connectivity index is 1.72. The van der Waals surface area contributed by atoms with Gasteiger partial charge in [-0.15, -0.1) is 0 Å². The highest BCUT2D eigenvalue weighted by Crippen LogP contribution is 2.10. The first kappa shape index (κ1) is 20.4. The van der Waals surface area contributed by atoms with Crippen molar-refractivity contribution in [2.45, 2.75) is 6.42 Å². The van der Waals surface area contributed by atoms with Gasteiger partial charge < -0.3 is 10.6 Å². The lowest BCUT2D eigenvalue weighted by Crippen LogP contribution is -2.35. The van der Waals surface area contributed by atoms with Crippen LogP contribution in [0.2, 0.25) is 0 Å². The molecule has 0 heterocycles. The van der Waals surface area contributed by atoms with E-state index in [1.165, 1.54) is 36.4 Å². The van der Waals surface area contributed by atoms with E-state index in [1.807, 2.05) is 0 Å². The Morgan fingerprint density at radius 3 is 2.11 bits per heavy atom. The van der Waals surface area contributed by atoms with Crippen LogP contribution in [0, 0.1) is 5.82 Å². The van der Waals surface area contributed by atoms with Crippen LogP contribution in [0.5, 0.6) is 0 Å². The largest absolute Gasteiger partial charge is 0.354 e. The molecule has 0 aliphatic carbocycles. The summed E-state index contributed by atoms with van der Waals surface area (Å²) in [5.41, 5.74) is 1.43. The molecule has 0 aliphatic heterocycles. The molecule has 0 saturated carbocycles. The van der Waals surface area contributed by atoms with Crippen LogP contribution in [0.15, 0.2) is 48.5 Å². The molecule has 144 valence electrons. The maximum atomic E-state index is 12.8. The lowest BCUT2D eigenvalue weighted by Gasteiger charge is -2.08. The van der Waals surface area contributed by atoms with Crippen molar-refractivity contribution < 1.29 is 22.4 Å². The summed E-state index contributed by atoms with van der Waals surface area (Å²) >= 11 is 0. The van der Waals surface area contributed by atoms with Crippen LogP contribution in [0.1, 0.15) is 15.9 Å². The van der Waals surface area contributed by atoms with E-state index < -0.39 is 10.0 Å². The molecular weight excluding hydrogens is 373 g/mol. The minimum absolute atomic E-state index is 0.128. The van der Waals surface area contributed by atoms with Gasteiger partial charge in [0, 0.05) is 24.3 Å². The van der Waals surface area contributed by atoms with Crippen LogP contribution in [0.4, 0.5) is 10.1 Å². The first-order valence-corrected chi connectivity index (χ1v) is 9.99. The number of halogens is 1. The van der Waals surface area contributed by atoms with Crippen molar-refractivity contribution in [2.24, 2.45) is 0 Å². The van der Waals surface area contributed by atoms with E-state index in [0.29, 0.717) is 16.8 Å². The molecule has 2 aromatic carbocycles. The van der Waals surface area contributed by atoms with Crippen LogP contribution in [-0.4, -0.2) is 39.6 Å². The zero-order valence-electron chi connectivity index (χ0n) is 14.7. The van der Waals surface area contributed by atoms with Gasteiger partial charge in [-0.2, -0.15) is 0 Å². The molecule has 0 radical (unpaired) electrons. The Bertz CT molecular complexity index is 897. The van der Waals surface area contributed by atoms with Crippen LogP contribution < -0.4 is 15.4 Å². The first-order valence-electron chi connectivity index (χ1n) is 8.10. The fourth-order valence-corrected chi connectivity index (χ4v) is 2.80. The highest BCUT2D eigenvalue weighted by Gasteiger charge is 2.07. The molecule has 3 N–H and O–H groups in total. The van der Waals surface area contributed by atoms with E-state index in [1.54, 1.807) is 12.1 Å². The monoisotopic (exact) mass is 393 g/mol. The summed E-state index contributed by atoms with van der Waals surface area (Å²) in [6.07, 6.45) is 1.17. The molecular formula is C18H20FN3O4S. The summed E-state index contributed by atoms with van der Waals surface area (Å²) in [4.78, 5) is 23.8. The topological polar surface area (TPSA) is 104 Å². The van der Waals surface area contributed by atoms with Gasteiger partial charge in [-0.3, -0.25) is 14.3 Å². The lowest BCUT2D eigenvalue weighted by atomic mass is 10.1. The average molecular weight is 393 g/mol. The number of carbonyl (C=O) groups excluding carboxylic acids is 2. The summed E-state index contributed by atoms with van der Waals surface area (Å²) in [5, 5.41) is 5.31. The molecule has 0 aliphatic rings. The highest BCUT2D eigenvalue weighted by atomic mass is 32.2. The van der Waals surface area contributed by atoms with Crippen LogP contribution in [-0.2, 0) is 21.2 Å². The van der Waals surface area contributed by atoms with E-state index in [0.717, 1.165) is 6.26 Å². The maximum absolute atomic E-state index is 12.8. The van der Waals surface area contributed by atoms with E-state index in [4.69, 9.17) is 0 Å². The Morgan fingerprint density at radius 2 is 1.52 bits per heavy atom. The van der Waals surface area contributed by atoms with E-state index in [2.05, 4.69) is 15.4 Å². The number of nitrogens with one attached hydrogen (secondary N) is 3. The van der Waals surface area contributed by atoms with Gasteiger partial charge in [-0.1, -0.05) is 12.1 Å². The number of anilines is 1. The van der Waals surface area contributed by atoms with Crippen LogP contribution >= 0.6 is 0 Å². The normalized spacial score (nSPS) is 10.9. The van der Waals surface area contributed by atoms with Crippen LogP contribution in [0.25, 0.3) is 0 Å². The maximum Gasteiger partial charge on any atom is 0.251 e. The molecule has 9 heteroatoms. The third kappa shape index (κ3) is 7.45. The number of rotatable bonds is 8. The van der Waals surface area contributed by atoms with Crippen molar-refractivity contribution in [2.75, 3.05) is 24.1 Å². The Kier molecular flexibility index (Phi) is 6.89. The molecule has 0 saturated heterocycles. The van der Waals surface area contributed by atoms with Gasteiger partial charge in [-0.05, 0) is 42.0 Å². The third-order valence-corrected chi connectivity index (χ3v) is 4.07. The second-order valence-corrected chi connectivity index (χ2v) is 7.61. The SMILES string of the molecule is CS(=O)(=O)Nc1ccc(C(=O)NCCNC(=O)Cc2ccc(F)cc2)cc1. The second-order valence-electron chi connectivity index (χ2n) is 5.86. The molecule has 0 spiro atoms. The summed E-state index contributed by atoms with van der Waals surface area (Å²) in [6, 6.07) is 11.6. The van der Waals surface area contributed by atoms with Crippen molar-refractivity contribution in [3.63, 3.8) is 0 Å². The predicted octanol–water partition coefficient (Wildman–Crippen LogP) is 1.29. The van der Waals surface area contributed by atoms with Gasteiger partial charge in [0.1, 0.15) is 5.82 Å². The predicted molar refractivity (Wildman–Crippen MR) is 100 cm³/mol. The summed E-state index contributed by atoms with van der Waals surface area (Å²) in [7, 11) is -3.37. The Hall–Kier alpha value is -2.94. The third-order valence-electron chi connectivity index (χ3n) is 3.46. The number of amides is 2. The smallest absolute Gasteiger partial charge is 0.251 e. The number of hydrogen-bond acceptors (Lipinski definition) is 4. The van der Waals surface area contributed by atoms with E-state index in [9.17, 15) is 22.4 Å². The first-order chi connectivity index (χ1) is 12.7. The van der Waals surface area contributed by atoms with Gasteiger partial charge in [0.25, 0.3) is 5.91 Å². The number of carbonyl (C=O) groups is 2. The summed E-state index contributed by atoms with van der Waals surface area (Å²) in [6.45, 7) is 0.483. The highest BCUT2D eigenvalue weighted by molar-refractivity contribution is 7.92. The fraction of sp³-hybridized carbons (Fsp3) is 0.222. The van der Waals surface area contributed by atoms with Gasteiger partial charge in [0.2, 0.25) is 15.9 Å². The molecule has 0 bridgehead atoms. The van der Waals surface area contributed by atoms with Crippen molar-refractivity contribution in [1.82, 2.24) is 10.6 Å². The van der Waals surface area contributed by atoms with E-state index in [-0.39, 0.29) is 37.1 Å². The quantitative estimate of drug-likeness (QED) is 0.588. The van der Waals surface area contributed by atoms with Gasteiger partial charge in [0.15, 0.2) is 0 Å². The Morgan fingerprint density at radius 1 is 0.926 bits per heavy atom. The lowest BCUT2D eigenvalue weighted by molar-refractivity contribution is -0.120. The fourth-order valence-electron chi connectivity index (χ4n) is 2.23. The van der Waals surface area contributed by atoms with Gasteiger partial charge >= 0.3 is 0 Å². The molecule has 0 unspecified atom stereocenters. The minimum Gasteiger partial charge on any atom is -0.354 e.